The minimum absolute atomic E-state index is 0.0583. The molecule has 1 aliphatic heterocycles. The second-order valence-electron chi connectivity index (χ2n) is 8.52. The second-order valence-corrected chi connectivity index (χ2v) is 9.50. The van der Waals surface area contributed by atoms with Crippen molar-refractivity contribution in [3.63, 3.8) is 0 Å². The summed E-state index contributed by atoms with van der Waals surface area (Å²) in [6.45, 7) is 6.58. The molecular formula is C24H26N4O3S. The maximum atomic E-state index is 13.0. The number of thiazole rings is 1. The topological polar surface area (TPSA) is 75.6 Å². The molecule has 166 valence electrons. The van der Waals surface area contributed by atoms with E-state index in [1.807, 2.05) is 69.3 Å². The van der Waals surface area contributed by atoms with E-state index < -0.39 is 11.7 Å². The van der Waals surface area contributed by atoms with Crippen molar-refractivity contribution in [3.8, 4) is 21.8 Å². The Morgan fingerprint density at radius 1 is 1.03 bits per heavy atom. The van der Waals surface area contributed by atoms with Crippen LogP contribution in [0.5, 0.6) is 0 Å². The number of nitrogens with zero attached hydrogens (tertiary/aromatic N) is 4. The van der Waals surface area contributed by atoms with Crippen LogP contribution in [-0.2, 0) is 9.53 Å². The molecule has 7 nitrogen and oxygen atoms in total. The fourth-order valence-corrected chi connectivity index (χ4v) is 4.53. The highest BCUT2D eigenvalue weighted by atomic mass is 32.1. The Balaban J connectivity index is 1.64. The van der Waals surface area contributed by atoms with Crippen molar-refractivity contribution < 1.29 is 14.3 Å². The molecule has 4 rings (SSSR count). The highest BCUT2D eigenvalue weighted by Crippen LogP contribution is 2.39. The lowest BCUT2D eigenvalue weighted by Crippen LogP contribution is -2.39. The van der Waals surface area contributed by atoms with Gasteiger partial charge in [0.2, 0.25) is 5.91 Å². The minimum Gasteiger partial charge on any atom is -0.444 e. The van der Waals surface area contributed by atoms with Crippen molar-refractivity contribution in [3.05, 3.63) is 54.7 Å². The number of carbonyl (C=O) groups is 2. The van der Waals surface area contributed by atoms with Crippen LogP contribution in [0.3, 0.4) is 0 Å². The molecule has 0 radical (unpaired) electrons. The molecule has 0 bridgehead atoms. The van der Waals surface area contributed by atoms with Gasteiger partial charge >= 0.3 is 6.09 Å². The molecule has 1 aromatic carbocycles. The molecule has 2 aromatic heterocycles. The van der Waals surface area contributed by atoms with Crippen LogP contribution in [-0.4, -0.2) is 52.1 Å². The van der Waals surface area contributed by atoms with Crippen LogP contribution in [0.25, 0.3) is 21.8 Å². The third-order valence-corrected chi connectivity index (χ3v) is 6.03. The Morgan fingerprint density at radius 3 is 2.47 bits per heavy atom. The van der Waals surface area contributed by atoms with E-state index in [1.54, 1.807) is 16.0 Å². The van der Waals surface area contributed by atoms with Crippen molar-refractivity contribution in [1.82, 2.24) is 14.9 Å². The minimum atomic E-state index is -0.579. The van der Waals surface area contributed by atoms with E-state index in [-0.39, 0.29) is 12.3 Å². The largest absolute Gasteiger partial charge is 0.444 e. The third-order valence-electron chi connectivity index (χ3n) is 4.93. The third kappa shape index (κ3) is 4.96. The summed E-state index contributed by atoms with van der Waals surface area (Å²) < 4.78 is 5.48. The highest BCUT2D eigenvalue weighted by Gasteiger charge is 2.30. The lowest BCUT2D eigenvalue weighted by atomic mass is 10.1. The molecule has 0 N–H and O–H groups in total. The van der Waals surface area contributed by atoms with Crippen LogP contribution in [0.1, 0.15) is 27.2 Å². The van der Waals surface area contributed by atoms with Gasteiger partial charge in [0, 0.05) is 37.8 Å². The molecule has 0 unspecified atom stereocenters. The number of rotatable bonds is 3. The monoisotopic (exact) mass is 450 g/mol. The van der Waals surface area contributed by atoms with E-state index in [0.29, 0.717) is 24.8 Å². The summed E-state index contributed by atoms with van der Waals surface area (Å²) in [5, 5.41) is 0.612. The van der Waals surface area contributed by atoms with Gasteiger partial charge in [-0.25, -0.2) is 9.78 Å². The van der Waals surface area contributed by atoms with Crippen molar-refractivity contribution in [1.29, 1.82) is 0 Å². The summed E-state index contributed by atoms with van der Waals surface area (Å²) >= 11 is 1.44. The Morgan fingerprint density at radius 2 is 1.78 bits per heavy atom. The Hall–Kier alpha value is -3.26. The number of ether oxygens (including phenoxy) is 1. The molecular weight excluding hydrogens is 424 g/mol. The summed E-state index contributed by atoms with van der Waals surface area (Å²) in [7, 11) is 0. The van der Waals surface area contributed by atoms with Crippen molar-refractivity contribution in [2.45, 2.75) is 32.8 Å². The van der Waals surface area contributed by atoms with Gasteiger partial charge in [0.25, 0.3) is 0 Å². The second kappa shape index (κ2) is 9.08. The first-order chi connectivity index (χ1) is 15.3. The standard InChI is InChI=1S/C24H26N4O3S/c1-24(2,3)31-23(30)27-14-12-19(29)28(16-15-27)22-26-20(17-9-5-4-6-10-17)21(32-22)18-11-7-8-13-25-18/h4-11,13H,12,14-16H2,1-3H3. The molecule has 1 saturated heterocycles. The van der Waals surface area contributed by atoms with Gasteiger partial charge in [-0.2, -0.15) is 0 Å². The zero-order valence-electron chi connectivity index (χ0n) is 18.4. The summed E-state index contributed by atoms with van der Waals surface area (Å²) in [5.41, 5.74) is 2.00. The number of carbonyl (C=O) groups excluding carboxylic acids is 2. The molecule has 0 aliphatic carbocycles. The van der Waals surface area contributed by atoms with E-state index in [0.717, 1.165) is 21.8 Å². The van der Waals surface area contributed by atoms with Gasteiger partial charge in [0.15, 0.2) is 5.13 Å². The van der Waals surface area contributed by atoms with Crippen LogP contribution in [0, 0.1) is 0 Å². The van der Waals surface area contributed by atoms with Gasteiger partial charge in [-0.05, 0) is 32.9 Å². The maximum absolute atomic E-state index is 13.0. The lowest BCUT2D eigenvalue weighted by Gasteiger charge is -2.26. The summed E-state index contributed by atoms with van der Waals surface area (Å²) in [4.78, 5) is 39.0. The van der Waals surface area contributed by atoms with E-state index >= 15 is 0 Å². The van der Waals surface area contributed by atoms with Crippen LogP contribution >= 0.6 is 11.3 Å². The molecule has 32 heavy (non-hydrogen) atoms. The fraction of sp³-hybridized carbons (Fsp3) is 0.333. The van der Waals surface area contributed by atoms with Gasteiger partial charge in [-0.15, -0.1) is 0 Å². The molecule has 3 heterocycles. The number of aromatic nitrogens is 2. The number of amides is 2. The summed E-state index contributed by atoms with van der Waals surface area (Å²) in [6, 6.07) is 15.6. The number of hydrogen-bond acceptors (Lipinski definition) is 6. The quantitative estimate of drug-likeness (QED) is 0.570. The molecule has 3 aromatic rings. The highest BCUT2D eigenvalue weighted by molar-refractivity contribution is 7.19. The first-order valence-electron chi connectivity index (χ1n) is 10.6. The number of benzene rings is 1. The van der Waals surface area contributed by atoms with Gasteiger partial charge in [0.1, 0.15) is 5.60 Å². The summed E-state index contributed by atoms with van der Waals surface area (Å²) in [5.74, 6) is -0.0583. The predicted octanol–water partition coefficient (Wildman–Crippen LogP) is 4.85. The van der Waals surface area contributed by atoms with Crippen molar-refractivity contribution in [2.24, 2.45) is 0 Å². The molecule has 0 saturated carbocycles. The molecule has 8 heteroatoms. The van der Waals surface area contributed by atoms with Crippen molar-refractivity contribution in [2.75, 3.05) is 24.5 Å². The molecule has 2 amide bonds. The normalized spacial score (nSPS) is 14.9. The van der Waals surface area contributed by atoms with Gasteiger partial charge in [0.05, 0.1) is 16.3 Å². The zero-order chi connectivity index (χ0) is 22.7. The smallest absolute Gasteiger partial charge is 0.410 e. The van der Waals surface area contributed by atoms with E-state index in [4.69, 9.17) is 9.72 Å². The van der Waals surface area contributed by atoms with Gasteiger partial charge in [-0.1, -0.05) is 47.7 Å². The molecule has 1 aliphatic rings. The average Bonchev–Trinajstić information content (AvgIpc) is 3.11. The van der Waals surface area contributed by atoms with E-state index in [1.165, 1.54) is 11.3 Å². The maximum Gasteiger partial charge on any atom is 0.410 e. The number of pyridine rings is 1. The Bertz CT molecular complexity index is 1040. The van der Waals surface area contributed by atoms with Crippen LogP contribution in [0.15, 0.2) is 54.7 Å². The van der Waals surface area contributed by atoms with Crippen molar-refractivity contribution >= 4 is 28.5 Å². The van der Waals surface area contributed by atoms with Crippen LogP contribution < -0.4 is 4.90 Å². The molecule has 0 spiro atoms. The van der Waals surface area contributed by atoms with Gasteiger partial charge < -0.3 is 9.64 Å². The molecule has 1 fully saturated rings. The van der Waals surface area contributed by atoms with E-state index in [2.05, 4.69) is 4.98 Å². The molecule has 0 atom stereocenters. The van der Waals surface area contributed by atoms with Crippen LogP contribution in [0.2, 0.25) is 0 Å². The fourth-order valence-electron chi connectivity index (χ4n) is 3.42. The Kier molecular flexibility index (Phi) is 6.23. The number of hydrogen-bond donors (Lipinski definition) is 0. The first-order valence-corrected chi connectivity index (χ1v) is 11.4. The predicted molar refractivity (Wildman–Crippen MR) is 126 cm³/mol. The summed E-state index contributed by atoms with van der Waals surface area (Å²) in [6.07, 6.45) is 1.57. The van der Waals surface area contributed by atoms with Gasteiger partial charge in [-0.3, -0.25) is 14.7 Å². The first kappa shape index (κ1) is 22.0. The number of anilines is 1. The average molecular weight is 451 g/mol. The van der Waals surface area contributed by atoms with Crippen LogP contribution in [0.4, 0.5) is 9.93 Å². The lowest BCUT2D eigenvalue weighted by molar-refractivity contribution is -0.118. The van der Waals surface area contributed by atoms with E-state index in [9.17, 15) is 9.59 Å². The Labute approximate surface area is 191 Å². The SMILES string of the molecule is CC(C)(C)OC(=O)N1CCC(=O)N(c2nc(-c3ccccc3)c(-c3ccccn3)s2)CC1. The zero-order valence-corrected chi connectivity index (χ0v) is 19.3.